The predicted molar refractivity (Wildman–Crippen MR) is 96.8 cm³/mol. The molecule has 1 aromatic carbocycles. The molecule has 0 amide bonds. The average molecular weight is 367 g/mol. The third-order valence-electron chi connectivity index (χ3n) is 5.30. The zero-order valence-electron chi connectivity index (χ0n) is 15.3. The normalized spacial score (nSPS) is 27.5. The number of hydrogen-bond donors (Lipinski definition) is 2. The monoisotopic (exact) mass is 367 g/mol. The lowest BCUT2D eigenvalue weighted by Crippen LogP contribution is -2.52. The molecule has 1 saturated carbocycles. The Kier molecular flexibility index (Phi) is 6.51. The second-order valence-electron chi connectivity index (χ2n) is 7.87. The second-order valence-corrected chi connectivity index (χ2v) is 7.87. The van der Waals surface area contributed by atoms with E-state index in [1.807, 2.05) is 0 Å². The molecule has 0 unspecified atom stereocenters. The molecule has 2 fully saturated rings. The first kappa shape index (κ1) is 19.5. The van der Waals surface area contributed by atoms with Gasteiger partial charge in [-0.3, -0.25) is 4.90 Å². The van der Waals surface area contributed by atoms with Gasteiger partial charge in [-0.1, -0.05) is 31.7 Å². The maximum absolute atomic E-state index is 13.3. The van der Waals surface area contributed by atoms with E-state index < -0.39 is 11.2 Å². The quantitative estimate of drug-likeness (QED) is 0.783. The number of halogens is 1. The van der Waals surface area contributed by atoms with Gasteiger partial charge in [-0.2, -0.15) is 0 Å². The van der Waals surface area contributed by atoms with Crippen LogP contribution in [0.15, 0.2) is 24.3 Å². The molecule has 2 N–H and O–H groups in total. The fourth-order valence-corrected chi connectivity index (χ4v) is 3.95. The number of β-amino-alcohol motifs (C(OH)–C–C–N with tert-alkyl or cyclic N) is 2. The summed E-state index contributed by atoms with van der Waals surface area (Å²) in [5.41, 5.74) is -1.88. The Bertz CT molecular complexity index is 577. The van der Waals surface area contributed by atoms with E-state index in [0.29, 0.717) is 32.0 Å². The fourth-order valence-electron chi connectivity index (χ4n) is 3.95. The van der Waals surface area contributed by atoms with Crippen molar-refractivity contribution in [2.24, 2.45) is 0 Å². The van der Waals surface area contributed by atoms with Crippen LogP contribution < -0.4 is 4.74 Å². The van der Waals surface area contributed by atoms with Gasteiger partial charge in [-0.05, 0) is 25.0 Å². The number of rotatable bonds is 5. The SMILES string of the molecule is OC1(CN2CCOC[C@@](O)(COc3cccc(F)c3)C2)CCCCCC1. The molecule has 146 valence electrons. The van der Waals surface area contributed by atoms with E-state index in [-0.39, 0.29) is 19.0 Å². The molecule has 0 bridgehead atoms. The summed E-state index contributed by atoms with van der Waals surface area (Å²) in [6.07, 6.45) is 6.07. The van der Waals surface area contributed by atoms with Gasteiger partial charge in [0, 0.05) is 25.7 Å². The number of aliphatic hydroxyl groups is 2. The van der Waals surface area contributed by atoms with Gasteiger partial charge in [0.2, 0.25) is 0 Å². The highest BCUT2D eigenvalue weighted by Crippen LogP contribution is 2.29. The van der Waals surface area contributed by atoms with Crippen LogP contribution in [0.5, 0.6) is 5.75 Å². The molecule has 5 nitrogen and oxygen atoms in total. The highest BCUT2D eigenvalue weighted by atomic mass is 19.1. The Morgan fingerprint density at radius 3 is 2.62 bits per heavy atom. The van der Waals surface area contributed by atoms with Gasteiger partial charge in [0.05, 0.1) is 18.8 Å². The Hall–Kier alpha value is -1.21. The minimum atomic E-state index is -1.19. The summed E-state index contributed by atoms with van der Waals surface area (Å²) in [5.74, 6) is 0.0143. The molecule has 0 radical (unpaired) electrons. The van der Waals surface area contributed by atoms with Crippen LogP contribution in [0.25, 0.3) is 0 Å². The topological polar surface area (TPSA) is 62.2 Å². The minimum Gasteiger partial charge on any atom is -0.490 e. The van der Waals surface area contributed by atoms with E-state index in [1.165, 1.54) is 25.0 Å². The van der Waals surface area contributed by atoms with Crippen LogP contribution >= 0.6 is 0 Å². The standard InChI is InChI=1S/C20H30FNO4/c21-17-6-5-7-18(12-17)26-16-20(24)14-22(10-11-25-15-20)13-19(23)8-3-1-2-4-9-19/h5-7,12,23-24H,1-4,8-11,13-16H2/t20-/m1/s1. The molecule has 26 heavy (non-hydrogen) atoms. The summed E-state index contributed by atoms with van der Waals surface area (Å²) in [6, 6.07) is 5.89. The summed E-state index contributed by atoms with van der Waals surface area (Å²) in [5, 5.41) is 21.9. The summed E-state index contributed by atoms with van der Waals surface area (Å²) in [6.45, 7) is 2.27. The van der Waals surface area contributed by atoms with E-state index in [0.717, 1.165) is 25.7 Å². The molecule has 1 aromatic rings. The lowest BCUT2D eigenvalue weighted by molar-refractivity contribution is -0.0733. The van der Waals surface area contributed by atoms with Crippen molar-refractivity contribution in [3.63, 3.8) is 0 Å². The third kappa shape index (κ3) is 5.64. The lowest BCUT2D eigenvalue weighted by Gasteiger charge is -2.36. The summed E-state index contributed by atoms with van der Waals surface area (Å²) in [7, 11) is 0. The third-order valence-corrected chi connectivity index (χ3v) is 5.30. The van der Waals surface area contributed by atoms with Gasteiger partial charge in [-0.25, -0.2) is 4.39 Å². The molecule has 3 rings (SSSR count). The van der Waals surface area contributed by atoms with Gasteiger partial charge in [-0.15, -0.1) is 0 Å². The number of hydrogen-bond acceptors (Lipinski definition) is 5. The number of benzene rings is 1. The Morgan fingerprint density at radius 1 is 1.12 bits per heavy atom. The zero-order valence-corrected chi connectivity index (χ0v) is 15.3. The fraction of sp³-hybridized carbons (Fsp3) is 0.700. The van der Waals surface area contributed by atoms with Gasteiger partial charge >= 0.3 is 0 Å². The second kappa shape index (κ2) is 8.65. The summed E-state index contributed by atoms with van der Waals surface area (Å²) in [4.78, 5) is 2.08. The molecule has 1 saturated heterocycles. The van der Waals surface area contributed by atoms with Crippen molar-refractivity contribution in [3.05, 3.63) is 30.1 Å². The molecule has 1 heterocycles. The molecule has 1 atom stereocenters. The van der Waals surface area contributed by atoms with Gasteiger partial charge in [0.15, 0.2) is 0 Å². The van der Waals surface area contributed by atoms with Crippen LogP contribution in [0, 0.1) is 5.82 Å². The minimum absolute atomic E-state index is 0.0192. The van der Waals surface area contributed by atoms with Crippen molar-refractivity contribution in [1.29, 1.82) is 0 Å². The first-order valence-electron chi connectivity index (χ1n) is 9.60. The van der Waals surface area contributed by atoms with Gasteiger partial charge in [0.25, 0.3) is 0 Å². The van der Waals surface area contributed by atoms with Crippen LogP contribution in [0.3, 0.4) is 0 Å². The van der Waals surface area contributed by atoms with Crippen molar-refractivity contribution in [2.75, 3.05) is 39.5 Å². The predicted octanol–water partition coefficient (Wildman–Crippen LogP) is 2.35. The van der Waals surface area contributed by atoms with E-state index in [2.05, 4.69) is 4.90 Å². The molecule has 2 aliphatic rings. The lowest BCUT2D eigenvalue weighted by atomic mass is 9.93. The van der Waals surface area contributed by atoms with Crippen molar-refractivity contribution >= 4 is 0 Å². The number of nitrogens with zero attached hydrogens (tertiary/aromatic N) is 1. The van der Waals surface area contributed by atoms with E-state index in [1.54, 1.807) is 12.1 Å². The Balaban J connectivity index is 1.60. The molecule has 1 aliphatic heterocycles. The zero-order chi connectivity index (χ0) is 18.5. The Morgan fingerprint density at radius 2 is 1.88 bits per heavy atom. The first-order valence-corrected chi connectivity index (χ1v) is 9.60. The smallest absolute Gasteiger partial charge is 0.134 e. The van der Waals surface area contributed by atoms with Crippen molar-refractivity contribution in [2.45, 2.75) is 49.7 Å². The van der Waals surface area contributed by atoms with E-state index in [4.69, 9.17) is 9.47 Å². The van der Waals surface area contributed by atoms with Crippen LogP contribution in [0.2, 0.25) is 0 Å². The van der Waals surface area contributed by atoms with Crippen molar-refractivity contribution in [3.8, 4) is 5.75 Å². The van der Waals surface area contributed by atoms with E-state index >= 15 is 0 Å². The highest BCUT2D eigenvalue weighted by Gasteiger charge is 2.37. The van der Waals surface area contributed by atoms with E-state index in [9.17, 15) is 14.6 Å². The van der Waals surface area contributed by atoms with Gasteiger partial charge in [0.1, 0.15) is 23.8 Å². The number of ether oxygens (including phenoxy) is 2. The molecule has 1 aliphatic carbocycles. The Labute approximate surface area is 154 Å². The average Bonchev–Trinajstić information content (AvgIpc) is 2.92. The largest absolute Gasteiger partial charge is 0.490 e. The van der Waals surface area contributed by atoms with Crippen LogP contribution in [0.1, 0.15) is 38.5 Å². The molecule has 6 heteroatoms. The molecular weight excluding hydrogens is 337 g/mol. The van der Waals surface area contributed by atoms with Crippen molar-refractivity contribution < 1.29 is 24.1 Å². The van der Waals surface area contributed by atoms with Crippen LogP contribution in [0.4, 0.5) is 4.39 Å². The highest BCUT2D eigenvalue weighted by molar-refractivity contribution is 5.22. The van der Waals surface area contributed by atoms with Crippen LogP contribution in [-0.2, 0) is 4.74 Å². The van der Waals surface area contributed by atoms with Crippen LogP contribution in [-0.4, -0.2) is 65.8 Å². The molecular formula is C20H30FNO4. The maximum atomic E-state index is 13.3. The maximum Gasteiger partial charge on any atom is 0.134 e. The first-order chi connectivity index (χ1) is 12.5. The van der Waals surface area contributed by atoms with Gasteiger partial charge < -0.3 is 19.7 Å². The summed E-state index contributed by atoms with van der Waals surface area (Å²) >= 11 is 0. The molecule has 0 aromatic heterocycles. The van der Waals surface area contributed by atoms with Crippen molar-refractivity contribution in [1.82, 2.24) is 4.90 Å². The summed E-state index contributed by atoms with van der Waals surface area (Å²) < 4.78 is 24.5. The molecule has 0 spiro atoms.